The second-order valence-corrected chi connectivity index (χ2v) is 5.05. The van der Waals surface area contributed by atoms with Crippen LogP contribution in [0.1, 0.15) is 11.1 Å². The van der Waals surface area contributed by atoms with E-state index in [4.69, 9.17) is 4.74 Å². The van der Waals surface area contributed by atoms with E-state index in [1.165, 1.54) is 5.56 Å². The number of phenolic OH excluding ortho intramolecular Hbond substituents is 1. The molecule has 0 unspecified atom stereocenters. The molecule has 1 aromatic carbocycles. The number of fused-ring (bicyclic) bond motifs is 1. The van der Waals surface area contributed by atoms with Crippen LogP contribution in [0.2, 0.25) is 0 Å². The maximum absolute atomic E-state index is 9.68. The molecule has 4 heteroatoms. The molecule has 1 aromatic rings. The number of rotatable bonds is 0. The second-order valence-electron chi connectivity index (χ2n) is 2.81. The lowest BCUT2D eigenvalue weighted by Crippen LogP contribution is -2.10. The fraction of sp³-hybridized carbons (Fsp3) is 0.222. The molecular weight excluding hydrogens is 394 g/mol. The lowest BCUT2D eigenvalue weighted by molar-refractivity contribution is 0.131. The molecule has 1 aliphatic rings. The molecule has 1 radical (unpaired) electrons. The van der Waals surface area contributed by atoms with Gasteiger partial charge < -0.3 is 9.84 Å². The van der Waals surface area contributed by atoms with Crippen molar-refractivity contribution in [2.75, 3.05) is 6.61 Å². The highest BCUT2D eigenvalue weighted by molar-refractivity contribution is 14.1. The van der Waals surface area contributed by atoms with Crippen LogP contribution in [-0.2, 0) is 11.3 Å². The summed E-state index contributed by atoms with van der Waals surface area (Å²) in [5.74, 6) is 0.374. The van der Waals surface area contributed by atoms with E-state index in [0.29, 0.717) is 19.0 Å². The van der Waals surface area contributed by atoms with Gasteiger partial charge in [0.15, 0.2) is 0 Å². The molecule has 2 rings (SSSR count). The molecule has 0 bridgehead atoms. The van der Waals surface area contributed by atoms with Crippen molar-refractivity contribution in [3.63, 3.8) is 0 Å². The molecule has 0 spiro atoms. The van der Waals surface area contributed by atoms with E-state index in [0.717, 1.165) is 12.7 Å². The predicted octanol–water partition coefficient (Wildman–Crippen LogP) is 2.68. The molecule has 0 aromatic heterocycles. The van der Waals surface area contributed by atoms with Gasteiger partial charge in [-0.2, -0.15) is 0 Å². The highest BCUT2D eigenvalue weighted by Crippen LogP contribution is 2.34. The zero-order valence-electron chi connectivity index (χ0n) is 6.68. The van der Waals surface area contributed by atoms with Crippen molar-refractivity contribution in [2.24, 2.45) is 0 Å². The zero-order chi connectivity index (χ0) is 9.42. The fourth-order valence-corrected chi connectivity index (χ4v) is 3.18. The minimum atomic E-state index is 0.374. The van der Waals surface area contributed by atoms with Crippen LogP contribution in [0.15, 0.2) is 6.07 Å². The third kappa shape index (κ3) is 1.80. The smallest absolute Gasteiger partial charge is 0.142 e. The summed E-state index contributed by atoms with van der Waals surface area (Å²) in [5.41, 5.74) is 2.29. The Hall–Kier alpha value is 0.440. The van der Waals surface area contributed by atoms with Gasteiger partial charge in [-0.25, -0.2) is 0 Å². The first-order valence-corrected chi connectivity index (χ1v) is 5.96. The molecule has 69 valence electrons. The van der Waals surface area contributed by atoms with E-state index in [1.807, 2.05) is 12.5 Å². The minimum Gasteiger partial charge on any atom is -0.506 e. The van der Waals surface area contributed by atoms with Crippen molar-refractivity contribution >= 4 is 45.2 Å². The Labute approximate surface area is 104 Å². The normalized spacial score (nSPS) is 15.5. The van der Waals surface area contributed by atoms with E-state index in [9.17, 15) is 5.11 Å². The number of hydrogen-bond acceptors (Lipinski definition) is 2. The number of halogens is 2. The molecule has 2 nitrogen and oxygen atoms in total. The summed E-state index contributed by atoms with van der Waals surface area (Å²) in [4.78, 5) is 0. The van der Waals surface area contributed by atoms with Gasteiger partial charge in [-0.1, -0.05) is 0 Å². The van der Waals surface area contributed by atoms with Crippen molar-refractivity contribution in [3.05, 3.63) is 30.8 Å². The molecule has 0 atom stereocenters. The summed E-state index contributed by atoms with van der Waals surface area (Å²) in [5, 5.41) is 9.68. The number of hydrogen-bond donors (Lipinski definition) is 1. The van der Waals surface area contributed by atoms with E-state index in [-0.39, 0.29) is 0 Å². The highest BCUT2D eigenvalue weighted by Gasteiger charge is 2.17. The van der Waals surface area contributed by atoms with Crippen molar-refractivity contribution in [1.29, 1.82) is 0 Å². The van der Waals surface area contributed by atoms with Crippen LogP contribution >= 0.6 is 45.2 Å². The van der Waals surface area contributed by atoms with Crippen LogP contribution in [0.3, 0.4) is 0 Å². The number of aromatic hydroxyl groups is 1. The average molecular weight is 401 g/mol. The quantitative estimate of drug-likeness (QED) is 0.678. The Morgan fingerprint density at radius 3 is 2.92 bits per heavy atom. The molecule has 0 aliphatic carbocycles. The minimum absolute atomic E-state index is 0.374. The largest absolute Gasteiger partial charge is 0.506 e. The topological polar surface area (TPSA) is 29.5 Å². The third-order valence-electron chi connectivity index (χ3n) is 2.00. The molecule has 0 saturated carbocycles. The standard InChI is InChI=1S/C9H7I2O2/c10-7-3-5-1-2-13-4-6(5)8(11)9(7)12/h1,3,12H,2,4H2. The van der Waals surface area contributed by atoms with Gasteiger partial charge in [0, 0.05) is 6.42 Å². The van der Waals surface area contributed by atoms with Crippen LogP contribution in [0.25, 0.3) is 0 Å². The van der Waals surface area contributed by atoms with E-state index >= 15 is 0 Å². The second kappa shape index (κ2) is 3.90. The summed E-state index contributed by atoms with van der Waals surface area (Å²) < 4.78 is 7.11. The van der Waals surface area contributed by atoms with Crippen molar-refractivity contribution in [2.45, 2.75) is 6.61 Å². The number of ether oxygens (including phenoxy) is 1. The summed E-state index contributed by atoms with van der Waals surface area (Å²) in [6.07, 6.45) is 2.04. The molecule has 1 aliphatic heterocycles. The molecular formula is C9H7I2O2. The number of phenols is 1. The maximum atomic E-state index is 9.68. The first-order valence-electron chi connectivity index (χ1n) is 3.81. The summed E-state index contributed by atoms with van der Waals surface area (Å²) in [6, 6.07) is 2.00. The Kier molecular flexibility index (Phi) is 2.99. The average Bonchev–Trinajstić information content (AvgIpc) is 2.15. The monoisotopic (exact) mass is 401 g/mol. The van der Waals surface area contributed by atoms with Gasteiger partial charge in [0.2, 0.25) is 0 Å². The SMILES string of the molecule is Oc1c(I)cc2c(c1I)COC[CH]2. The van der Waals surface area contributed by atoms with Gasteiger partial charge >= 0.3 is 0 Å². The molecule has 13 heavy (non-hydrogen) atoms. The summed E-state index contributed by atoms with van der Waals surface area (Å²) in [6.45, 7) is 1.28. The molecule has 1 heterocycles. The summed E-state index contributed by atoms with van der Waals surface area (Å²) >= 11 is 4.30. The molecule has 0 amide bonds. The Morgan fingerprint density at radius 2 is 2.15 bits per heavy atom. The van der Waals surface area contributed by atoms with Gasteiger partial charge in [0.05, 0.1) is 20.4 Å². The van der Waals surface area contributed by atoms with Gasteiger partial charge in [0.1, 0.15) is 5.75 Å². The third-order valence-corrected chi connectivity index (χ3v) is 3.98. The zero-order valence-corrected chi connectivity index (χ0v) is 11.0. The van der Waals surface area contributed by atoms with Crippen LogP contribution in [-0.4, -0.2) is 11.7 Å². The first kappa shape index (κ1) is 9.97. The lowest BCUT2D eigenvalue weighted by atomic mass is 10.0. The van der Waals surface area contributed by atoms with Crippen LogP contribution in [0.5, 0.6) is 5.75 Å². The maximum Gasteiger partial charge on any atom is 0.142 e. The van der Waals surface area contributed by atoms with Crippen molar-refractivity contribution < 1.29 is 9.84 Å². The van der Waals surface area contributed by atoms with E-state index < -0.39 is 0 Å². The van der Waals surface area contributed by atoms with Crippen LogP contribution in [0.4, 0.5) is 0 Å². The highest BCUT2D eigenvalue weighted by atomic mass is 127. The van der Waals surface area contributed by atoms with Crippen LogP contribution in [0, 0.1) is 13.6 Å². The first-order chi connectivity index (χ1) is 6.20. The lowest BCUT2D eigenvalue weighted by Gasteiger charge is -2.18. The van der Waals surface area contributed by atoms with E-state index in [1.54, 1.807) is 0 Å². The summed E-state index contributed by atoms with van der Waals surface area (Å²) in [7, 11) is 0. The van der Waals surface area contributed by atoms with Gasteiger partial charge in [-0.05, 0) is 62.4 Å². The van der Waals surface area contributed by atoms with Gasteiger partial charge in [-0.15, -0.1) is 0 Å². The van der Waals surface area contributed by atoms with Crippen molar-refractivity contribution in [3.8, 4) is 5.75 Å². The fourth-order valence-electron chi connectivity index (χ4n) is 1.31. The van der Waals surface area contributed by atoms with Crippen molar-refractivity contribution in [1.82, 2.24) is 0 Å². The van der Waals surface area contributed by atoms with Gasteiger partial charge in [0.25, 0.3) is 0 Å². The molecule has 1 N–H and O–H groups in total. The predicted molar refractivity (Wildman–Crippen MR) is 66.6 cm³/mol. The Morgan fingerprint density at radius 1 is 1.38 bits per heavy atom. The number of benzene rings is 1. The van der Waals surface area contributed by atoms with Gasteiger partial charge in [-0.3, -0.25) is 0 Å². The molecule has 0 saturated heterocycles. The Bertz CT molecular complexity index is 350. The Balaban J connectivity index is 2.60. The van der Waals surface area contributed by atoms with E-state index in [2.05, 4.69) is 45.2 Å². The molecule has 0 fully saturated rings. The van der Waals surface area contributed by atoms with Crippen LogP contribution < -0.4 is 0 Å².